The summed E-state index contributed by atoms with van der Waals surface area (Å²) in [6.45, 7) is 7.73. The van der Waals surface area contributed by atoms with Crippen LogP contribution in [0.1, 0.15) is 36.5 Å². The molecule has 2 rings (SSSR count). The summed E-state index contributed by atoms with van der Waals surface area (Å²) in [5, 5.41) is 0. The first kappa shape index (κ1) is 14.1. The van der Waals surface area contributed by atoms with Crippen molar-refractivity contribution in [2.45, 2.75) is 45.6 Å². The molecule has 1 heterocycles. The number of hydrogen-bond donors (Lipinski definition) is 1. The number of nitrogens with two attached hydrogens (primary N) is 1. The molecule has 0 spiro atoms. The predicted molar refractivity (Wildman–Crippen MR) is 78.0 cm³/mol. The summed E-state index contributed by atoms with van der Waals surface area (Å²) in [5.74, 6) is 0.195. The molecule has 3 nitrogen and oxygen atoms in total. The Bertz CT molecular complexity index is 476. The Hall–Kier alpha value is -1.35. The monoisotopic (exact) mass is 260 g/mol. The number of benzene rings is 1. The summed E-state index contributed by atoms with van der Waals surface area (Å²) in [4.78, 5) is 14.0. The summed E-state index contributed by atoms with van der Waals surface area (Å²) in [6.07, 6.45) is 2.57. The van der Waals surface area contributed by atoms with E-state index in [1.54, 1.807) is 0 Å². The van der Waals surface area contributed by atoms with Crippen LogP contribution in [-0.2, 0) is 11.2 Å². The molecule has 0 saturated carbocycles. The normalized spacial score (nSPS) is 17.2. The summed E-state index contributed by atoms with van der Waals surface area (Å²) < 4.78 is 0. The Morgan fingerprint density at radius 2 is 2.00 bits per heavy atom. The standard InChI is InChI=1S/C16H24N2O/c1-4-7-16(17)10-18(11-16)15(19)9-14-6-5-12(2)13(3)8-14/h5-6,8H,4,7,9-11,17H2,1-3H3. The summed E-state index contributed by atoms with van der Waals surface area (Å²) in [7, 11) is 0. The van der Waals surface area contributed by atoms with E-state index in [4.69, 9.17) is 5.73 Å². The molecule has 19 heavy (non-hydrogen) atoms. The van der Waals surface area contributed by atoms with Gasteiger partial charge in [-0.3, -0.25) is 4.79 Å². The summed E-state index contributed by atoms with van der Waals surface area (Å²) >= 11 is 0. The van der Waals surface area contributed by atoms with E-state index in [1.165, 1.54) is 11.1 Å². The molecule has 2 N–H and O–H groups in total. The zero-order valence-electron chi connectivity index (χ0n) is 12.2. The first-order valence-electron chi connectivity index (χ1n) is 7.06. The number of aryl methyl sites for hydroxylation is 2. The fraction of sp³-hybridized carbons (Fsp3) is 0.562. The molecule has 1 aliphatic heterocycles. The van der Waals surface area contributed by atoms with Gasteiger partial charge in [-0.05, 0) is 37.0 Å². The fourth-order valence-electron chi connectivity index (χ4n) is 2.75. The molecule has 1 aromatic rings. The van der Waals surface area contributed by atoms with Gasteiger partial charge >= 0.3 is 0 Å². The molecular formula is C16H24N2O. The summed E-state index contributed by atoms with van der Waals surface area (Å²) in [5.41, 5.74) is 9.66. The van der Waals surface area contributed by atoms with Crippen molar-refractivity contribution >= 4 is 5.91 Å². The zero-order chi connectivity index (χ0) is 14.0. The molecule has 104 valence electrons. The van der Waals surface area contributed by atoms with Crippen LogP contribution in [0.25, 0.3) is 0 Å². The average molecular weight is 260 g/mol. The largest absolute Gasteiger partial charge is 0.339 e. The minimum absolute atomic E-state index is 0.131. The van der Waals surface area contributed by atoms with E-state index in [1.807, 2.05) is 11.0 Å². The van der Waals surface area contributed by atoms with Crippen molar-refractivity contribution in [2.75, 3.05) is 13.1 Å². The lowest BCUT2D eigenvalue weighted by molar-refractivity contribution is -0.138. The van der Waals surface area contributed by atoms with E-state index in [-0.39, 0.29) is 11.4 Å². The first-order chi connectivity index (χ1) is 8.93. The smallest absolute Gasteiger partial charge is 0.227 e. The number of carbonyl (C=O) groups excluding carboxylic acids is 1. The van der Waals surface area contributed by atoms with Crippen LogP contribution in [0.15, 0.2) is 18.2 Å². The predicted octanol–water partition coefficient (Wildman–Crippen LogP) is 2.19. The lowest BCUT2D eigenvalue weighted by Gasteiger charge is -2.48. The highest BCUT2D eigenvalue weighted by Gasteiger charge is 2.40. The van der Waals surface area contributed by atoms with E-state index in [0.717, 1.165) is 18.4 Å². The number of nitrogens with zero attached hydrogens (tertiary/aromatic N) is 1. The van der Waals surface area contributed by atoms with Gasteiger partial charge in [0.15, 0.2) is 0 Å². The lowest BCUT2D eigenvalue weighted by Crippen LogP contribution is -2.68. The van der Waals surface area contributed by atoms with Gasteiger partial charge in [-0.25, -0.2) is 0 Å². The van der Waals surface area contributed by atoms with E-state index >= 15 is 0 Å². The number of hydrogen-bond acceptors (Lipinski definition) is 2. The molecule has 0 bridgehead atoms. The van der Waals surface area contributed by atoms with Crippen molar-refractivity contribution < 1.29 is 4.79 Å². The maximum atomic E-state index is 12.2. The van der Waals surface area contributed by atoms with Gasteiger partial charge in [-0.15, -0.1) is 0 Å². The van der Waals surface area contributed by atoms with Gasteiger partial charge in [-0.2, -0.15) is 0 Å². The van der Waals surface area contributed by atoms with E-state index in [2.05, 4.69) is 32.9 Å². The topological polar surface area (TPSA) is 46.3 Å². The van der Waals surface area contributed by atoms with Crippen molar-refractivity contribution in [3.8, 4) is 0 Å². The van der Waals surface area contributed by atoms with Crippen LogP contribution >= 0.6 is 0 Å². The zero-order valence-corrected chi connectivity index (χ0v) is 12.2. The van der Waals surface area contributed by atoms with Crippen molar-refractivity contribution in [3.63, 3.8) is 0 Å². The van der Waals surface area contributed by atoms with Crippen LogP contribution in [0, 0.1) is 13.8 Å². The maximum absolute atomic E-state index is 12.2. The third-order valence-electron chi connectivity index (χ3n) is 4.04. The molecule has 0 aromatic heterocycles. The number of rotatable bonds is 4. The molecule has 1 amide bonds. The molecule has 0 atom stereocenters. The van der Waals surface area contributed by atoms with Crippen LogP contribution < -0.4 is 5.73 Å². The van der Waals surface area contributed by atoms with Crippen LogP contribution in [0.4, 0.5) is 0 Å². The number of amides is 1. The Morgan fingerprint density at radius 3 is 2.58 bits per heavy atom. The second-order valence-electron chi connectivity index (χ2n) is 5.96. The van der Waals surface area contributed by atoms with Crippen molar-refractivity contribution in [3.05, 3.63) is 34.9 Å². The van der Waals surface area contributed by atoms with Crippen molar-refractivity contribution in [1.82, 2.24) is 4.90 Å². The Morgan fingerprint density at radius 1 is 1.32 bits per heavy atom. The SMILES string of the molecule is CCCC1(N)CN(C(=O)Cc2ccc(C)c(C)c2)C1. The van der Waals surface area contributed by atoms with Crippen LogP contribution in [0.3, 0.4) is 0 Å². The minimum Gasteiger partial charge on any atom is -0.339 e. The van der Waals surface area contributed by atoms with Gasteiger partial charge in [0.05, 0.1) is 12.0 Å². The van der Waals surface area contributed by atoms with Gasteiger partial charge in [-0.1, -0.05) is 31.5 Å². The van der Waals surface area contributed by atoms with Gasteiger partial charge in [0.1, 0.15) is 0 Å². The highest BCUT2D eigenvalue weighted by molar-refractivity contribution is 5.80. The molecule has 1 saturated heterocycles. The van der Waals surface area contributed by atoms with E-state index < -0.39 is 0 Å². The molecule has 0 unspecified atom stereocenters. The Kier molecular flexibility index (Phi) is 3.95. The highest BCUT2D eigenvalue weighted by atomic mass is 16.2. The van der Waals surface area contributed by atoms with Gasteiger partial charge in [0.2, 0.25) is 5.91 Å². The second kappa shape index (κ2) is 5.33. The van der Waals surface area contributed by atoms with E-state index in [9.17, 15) is 4.79 Å². The van der Waals surface area contributed by atoms with Gasteiger partial charge < -0.3 is 10.6 Å². The number of carbonyl (C=O) groups is 1. The molecule has 3 heteroatoms. The quantitative estimate of drug-likeness (QED) is 0.902. The molecule has 1 fully saturated rings. The summed E-state index contributed by atoms with van der Waals surface area (Å²) in [6, 6.07) is 6.23. The van der Waals surface area contributed by atoms with Crippen LogP contribution in [-0.4, -0.2) is 29.4 Å². The first-order valence-corrected chi connectivity index (χ1v) is 7.06. The van der Waals surface area contributed by atoms with Gasteiger partial charge in [0.25, 0.3) is 0 Å². The van der Waals surface area contributed by atoms with Crippen LogP contribution in [0.5, 0.6) is 0 Å². The van der Waals surface area contributed by atoms with Gasteiger partial charge in [0, 0.05) is 13.1 Å². The molecule has 0 radical (unpaired) electrons. The maximum Gasteiger partial charge on any atom is 0.227 e. The third kappa shape index (κ3) is 3.16. The minimum atomic E-state index is -0.131. The average Bonchev–Trinajstić information content (AvgIpc) is 2.31. The fourth-order valence-corrected chi connectivity index (χ4v) is 2.75. The Balaban J connectivity index is 1.91. The highest BCUT2D eigenvalue weighted by Crippen LogP contribution is 2.24. The Labute approximate surface area is 115 Å². The molecular weight excluding hydrogens is 236 g/mol. The molecule has 0 aliphatic carbocycles. The second-order valence-corrected chi connectivity index (χ2v) is 5.96. The van der Waals surface area contributed by atoms with Crippen molar-refractivity contribution in [2.24, 2.45) is 5.73 Å². The third-order valence-corrected chi connectivity index (χ3v) is 4.04. The number of likely N-dealkylation sites (tertiary alicyclic amines) is 1. The van der Waals surface area contributed by atoms with Crippen LogP contribution in [0.2, 0.25) is 0 Å². The van der Waals surface area contributed by atoms with E-state index in [0.29, 0.717) is 19.5 Å². The van der Waals surface area contributed by atoms with Crippen molar-refractivity contribution in [1.29, 1.82) is 0 Å². The molecule has 1 aliphatic rings. The molecule has 1 aromatic carbocycles. The lowest BCUT2D eigenvalue weighted by atomic mass is 9.86.